The van der Waals surface area contributed by atoms with Crippen LogP contribution in [0.15, 0.2) is 47.1 Å². The van der Waals surface area contributed by atoms with Gasteiger partial charge in [0, 0.05) is 6.54 Å². The van der Waals surface area contributed by atoms with E-state index in [0.717, 1.165) is 17.9 Å². The van der Waals surface area contributed by atoms with E-state index in [1.807, 2.05) is 36.4 Å². The standard InChI is InChI=1S/C14H17NO2/c1-11(14-3-2-8-17-14)15-9-12-4-6-13(10-16)7-5-12/h2-8,11,15-16H,9-10H2,1H3/t11-/m1/s1. The molecule has 0 aliphatic carbocycles. The average Bonchev–Trinajstić information content (AvgIpc) is 2.90. The molecule has 0 saturated heterocycles. The van der Waals surface area contributed by atoms with Crippen molar-refractivity contribution < 1.29 is 9.52 Å². The Morgan fingerprint density at radius 2 is 1.88 bits per heavy atom. The summed E-state index contributed by atoms with van der Waals surface area (Å²) in [5.41, 5.74) is 2.13. The maximum Gasteiger partial charge on any atom is 0.120 e. The van der Waals surface area contributed by atoms with Crippen molar-refractivity contribution in [2.24, 2.45) is 0 Å². The van der Waals surface area contributed by atoms with Crippen LogP contribution in [0.2, 0.25) is 0 Å². The molecule has 0 aliphatic heterocycles. The largest absolute Gasteiger partial charge is 0.468 e. The average molecular weight is 231 g/mol. The van der Waals surface area contributed by atoms with Crippen LogP contribution in [0.1, 0.15) is 29.9 Å². The number of hydrogen-bond acceptors (Lipinski definition) is 3. The minimum atomic E-state index is 0.0938. The molecular weight excluding hydrogens is 214 g/mol. The second-order valence-electron chi connectivity index (χ2n) is 4.09. The van der Waals surface area contributed by atoms with Gasteiger partial charge in [-0.2, -0.15) is 0 Å². The van der Waals surface area contributed by atoms with Crippen molar-refractivity contribution in [3.05, 3.63) is 59.5 Å². The summed E-state index contributed by atoms with van der Waals surface area (Å²) in [5.74, 6) is 0.942. The van der Waals surface area contributed by atoms with Gasteiger partial charge in [0.25, 0.3) is 0 Å². The number of nitrogens with one attached hydrogen (secondary N) is 1. The van der Waals surface area contributed by atoms with Gasteiger partial charge in [0.2, 0.25) is 0 Å². The van der Waals surface area contributed by atoms with Crippen LogP contribution in [0, 0.1) is 0 Å². The van der Waals surface area contributed by atoms with Crippen LogP contribution in [0.4, 0.5) is 0 Å². The molecule has 0 unspecified atom stereocenters. The van der Waals surface area contributed by atoms with Gasteiger partial charge in [-0.05, 0) is 30.2 Å². The molecule has 0 amide bonds. The molecule has 1 atom stereocenters. The molecule has 0 radical (unpaired) electrons. The summed E-state index contributed by atoms with van der Waals surface area (Å²) < 4.78 is 5.32. The van der Waals surface area contributed by atoms with Gasteiger partial charge in [-0.1, -0.05) is 24.3 Å². The zero-order chi connectivity index (χ0) is 12.1. The van der Waals surface area contributed by atoms with Crippen molar-refractivity contribution in [3.63, 3.8) is 0 Å². The third kappa shape index (κ3) is 3.19. The molecule has 0 fully saturated rings. The Kier molecular flexibility index (Phi) is 3.96. The first-order chi connectivity index (χ1) is 8.29. The zero-order valence-corrected chi connectivity index (χ0v) is 9.89. The highest BCUT2D eigenvalue weighted by atomic mass is 16.3. The molecule has 90 valence electrons. The number of furan rings is 1. The van der Waals surface area contributed by atoms with Crippen molar-refractivity contribution in [2.75, 3.05) is 0 Å². The van der Waals surface area contributed by atoms with Crippen LogP contribution in [0.25, 0.3) is 0 Å². The highest BCUT2D eigenvalue weighted by molar-refractivity contribution is 5.22. The van der Waals surface area contributed by atoms with Gasteiger partial charge in [0.15, 0.2) is 0 Å². The fourth-order valence-electron chi connectivity index (χ4n) is 1.67. The quantitative estimate of drug-likeness (QED) is 0.831. The number of benzene rings is 1. The molecule has 0 bridgehead atoms. The molecule has 3 nitrogen and oxygen atoms in total. The Balaban J connectivity index is 1.89. The lowest BCUT2D eigenvalue weighted by Gasteiger charge is -2.11. The van der Waals surface area contributed by atoms with Gasteiger partial charge in [-0.15, -0.1) is 0 Å². The van der Waals surface area contributed by atoms with E-state index in [1.54, 1.807) is 6.26 Å². The SMILES string of the molecule is C[C@@H](NCc1ccc(CO)cc1)c1ccco1. The summed E-state index contributed by atoms with van der Waals surface area (Å²) in [4.78, 5) is 0. The van der Waals surface area contributed by atoms with Crippen molar-refractivity contribution in [3.8, 4) is 0 Å². The minimum Gasteiger partial charge on any atom is -0.468 e. The first kappa shape index (κ1) is 11.9. The summed E-state index contributed by atoms with van der Waals surface area (Å²) in [6.07, 6.45) is 1.68. The van der Waals surface area contributed by atoms with Crippen LogP contribution < -0.4 is 5.32 Å². The normalized spacial score (nSPS) is 12.6. The molecule has 1 aromatic carbocycles. The lowest BCUT2D eigenvalue weighted by molar-refractivity contribution is 0.282. The lowest BCUT2D eigenvalue weighted by atomic mass is 10.1. The first-order valence-electron chi connectivity index (χ1n) is 5.75. The predicted octanol–water partition coefficient (Wildman–Crippen LogP) is 2.62. The molecule has 1 heterocycles. The first-order valence-corrected chi connectivity index (χ1v) is 5.75. The monoisotopic (exact) mass is 231 g/mol. The fourth-order valence-corrected chi connectivity index (χ4v) is 1.67. The Hall–Kier alpha value is -1.58. The molecule has 2 N–H and O–H groups in total. The predicted molar refractivity (Wildman–Crippen MR) is 66.3 cm³/mol. The van der Waals surface area contributed by atoms with E-state index in [1.165, 1.54) is 5.56 Å². The van der Waals surface area contributed by atoms with E-state index in [-0.39, 0.29) is 12.6 Å². The molecule has 0 spiro atoms. The van der Waals surface area contributed by atoms with E-state index >= 15 is 0 Å². The number of rotatable bonds is 5. The molecule has 3 heteroatoms. The van der Waals surface area contributed by atoms with Crippen LogP contribution in [0.5, 0.6) is 0 Å². The van der Waals surface area contributed by atoms with Crippen LogP contribution >= 0.6 is 0 Å². The summed E-state index contributed by atoms with van der Waals surface area (Å²) >= 11 is 0. The Bertz CT molecular complexity index is 434. The van der Waals surface area contributed by atoms with Crippen LogP contribution in [0.3, 0.4) is 0 Å². The molecular formula is C14H17NO2. The number of aliphatic hydroxyl groups excluding tert-OH is 1. The van der Waals surface area contributed by atoms with E-state index in [9.17, 15) is 0 Å². The molecule has 0 saturated carbocycles. The van der Waals surface area contributed by atoms with E-state index in [4.69, 9.17) is 9.52 Å². The highest BCUT2D eigenvalue weighted by Crippen LogP contribution is 2.13. The second kappa shape index (κ2) is 5.66. The number of hydrogen-bond donors (Lipinski definition) is 2. The van der Waals surface area contributed by atoms with Crippen molar-refractivity contribution in [1.29, 1.82) is 0 Å². The Morgan fingerprint density at radius 1 is 1.18 bits per heavy atom. The maximum atomic E-state index is 8.94. The third-order valence-electron chi connectivity index (χ3n) is 2.79. The van der Waals surface area contributed by atoms with Crippen molar-refractivity contribution >= 4 is 0 Å². The van der Waals surface area contributed by atoms with E-state index in [0.29, 0.717) is 0 Å². The van der Waals surface area contributed by atoms with Gasteiger partial charge in [-0.25, -0.2) is 0 Å². The summed E-state index contributed by atoms with van der Waals surface area (Å²) in [6.45, 7) is 2.95. The third-order valence-corrected chi connectivity index (χ3v) is 2.79. The van der Waals surface area contributed by atoms with E-state index < -0.39 is 0 Å². The number of aliphatic hydroxyl groups is 1. The van der Waals surface area contributed by atoms with Gasteiger partial charge < -0.3 is 14.8 Å². The summed E-state index contributed by atoms with van der Waals surface area (Å²) in [7, 11) is 0. The highest BCUT2D eigenvalue weighted by Gasteiger charge is 2.06. The Morgan fingerprint density at radius 3 is 2.47 bits per heavy atom. The zero-order valence-electron chi connectivity index (χ0n) is 9.89. The summed E-state index contributed by atoms with van der Waals surface area (Å²) in [6, 6.07) is 12.0. The lowest BCUT2D eigenvalue weighted by Crippen LogP contribution is -2.17. The molecule has 2 aromatic rings. The van der Waals surface area contributed by atoms with E-state index in [2.05, 4.69) is 12.2 Å². The molecule has 1 aromatic heterocycles. The van der Waals surface area contributed by atoms with Gasteiger partial charge >= 0.3 is 0 Å². The van der Waals surface area contributed by atoms with Crippen LogP contribution in [-0.4, -0.2) is 5.11 Å². The Labute approximate surface area is 101 Å². The molecule has 0 aliphatic rings. The fraction of sp³-hybridized carbons (Fsp3) is 0.286. The summed E-state index contributed by atoms with van der Waals surface area (Å²) in [5, 5.41) is 12.3. The maximum absolute atomic E-state index is 8.94. The van der Waals surface area contributed by atoms with Gasteiger partial charge in [0.05, 0.1) is 18.9 Å². The minimum absolute atomic E-state index is 0.0938. The smallest absolute Gasteiger partial charge is 0.120 e. The van der Waals surface area contributed by atoms with Gasteiger partial charge in [0.1, 0.15) is 5.76 Å². The molecule has 17 heavy (non-hydrogen) atoms. The molecule has 2 rings (SSSR count). The van der Waals surface area contributed by atoms with Crippen LogP contribution in [-0.2, 0) is 13.2 Å². The van der Waals surface area contributed by atoms with Crippen molar-refractivity contribution in [1.82, 2.24) is 5.32 Å². The topological polar surface area (TPSA) is 45.4 Å². The van der Waals surface area contributed by atoms with Crippen molar-refractivity contribution in [2.45, 2.75) is 26.1 Å². The van der Waals surface area contributed by atoms with Gasteiger partial charge in [-0.3, -0.25) is 0 Å². The second-order valence-corrected chi connectivity index (χ2v) is 4.09.